The average Bonchev–Trinajstić information content (AvgIpc) is 3.44. The summed E-state index contributed by atoms with van der Waals surface area (Å²) in [5.41, 5.74) is 0. The Bertz CT molecular complexity index is 1210. The van der Waals surface area contributed by atoms with Gasteiger partial charge in [-0.3, -0.25) is 14.4 Å². The van der Waals surface area contributed by atoms with E-state index in [0.717, 1.165) is 64.2 Å². The highest BCUT2D eigenvalue weighted by Crippen LogP contribution is 2.19. The standard InChI is InChI=1S/C72H138O6/c1-4-7-10-13-16-19-22-24-26-28-30-31-32-33-34-35-36-37-38-39-40-41-42-44-45-47-50-53-56-59-62-65-71(74)77-68-69(67-76-70(73)64-61-58-55-52-49-21-18-15-12-9-6-3)78-72(75)66-63-60-57-54-51-48-46-43-29-27-25-23-20-17-14-11-8-5-2/h15,18,69H,4-14,16-17,19-68H2,1-3H3/b18-15-. The molecule has 1 unspecified atom stereocenters. The van der Waals surface area contributed by atoms with Gasteiger partial charge in [-0.1, -0.05) is 367 Å². The van der Waals surface area contributed by atoms with Gasteiger partial charge in [0.2, 0.25) is 0 Å². The molecule has 0 aromatic rings. The molecular weight excluding hydrogens is 961 g/mol. The van der Waals surface area contributed by atoms with E-state index in [2.05, 4.69) is 32.9 Å². The Balaban J connectivity index is 4.06. The Labute approximate surface area is 488 Å². The molecule has 0 fully saturated rings. The summed E-state index contributed by atoms with van der Waals surface area (Å²) in [5.74, 6) is -0.844. The maximum absolute atomic E-state index is 12.9. The number of unbranched alkanes of at least 4 members (excludes halogenated alkanes) is 54. The van der Waals surface area contributed by atoms with Crippen LogP contribution in [0.2, 0.25) is 0 Å². The third-order valence-corrected chi connectivity index (χ3v) is 16.5. The van der Waals surface area contributed by atoms with E-state index in [4.69, 9.17) is 14.2 Å². The van der Waals surface area contributed by atoms with Gasteiger partial charge in [-0.05, 0) is 38.5 Å². The number of ether oxygens (including phenoxy) is 3. The molecule has 462 valence electrons. The van der Waals surface area contributed by atoms with Gasteiger partial charge in [0.05, 0.1) is 0 Å². The van der Waals surface area contributed by atoms with E-state index in [0.29, 0.717) is 19.3 Å². The summed E-state index contributed by atoms with van der Waals surface area (Å²) < 4.78 is 17.0. The van der Waals surface area contributed by atoms with Gasteiger partial charge in [0.1, 0.15) is 13.2 Å². The van der Waals surface area contributed by atoms with E-state index < -0.39 is 6.10 Å². The highest BCUT2D eigenvalue weighted by atomic mass is 16.6. The lowest BCUT2D eigenvalue weighted by Crippen LogP contribution is -2.30. The largest absolute Gasteiger partial charge is 0.462 e. The zero-order chi connectivity index (χ0) is 56.4. The summed E-state index contributed by atoms with van der Waals surface area (Å²) in [6, 6.07) is 0. The molecule has 0 spiro atoms. The molecule has 0 amide bonds. The highest BCUT2D eigenvalue weighted by Gasteiger charge is 2.19. The van der Waals surface area contributed by atoms with E-state index in [1.165, 1.54) is 308 Å². The number of hydrogen-bond acceptors (Lipinski definition) is 6. The lowest BCUT2D eigenvalue weighted by molar-refractivity contribution is -0.167. The van der Waals surface area contributed by atoms with Crippen molar-refractivity contribution in [3.8, 4) is 0 Å². The summed E-state index contributed by atoms with van der Waals surface area (Å²) in [6.07, 6.45) is 81.2. The Morgan fingerprint density at radius 2 is 0.436 bits per heavy atom. The molecule has 0 aliphatic carbocycles. The van der Waals surface area contributed by atoms with Gasteiger partial charge in [0.25, 0.3) is 0 Å². The minimum atomic E-state index is -0.769. The molecule has 0 rings (SSSR count). The van der Waals surface area contributed by atoms with Crippen LogP contribution in [0.1, 0.15) is 412 Å². The zero-order valence-corrected chi connectivity index (χ0v) is 53.2. The normalized spacial score (nSPS) is 12.0. The lowest BCUT2D eigenvalue weighted by Gasteiger charge is -2.18. The first kappa shape index (κ1) is 76.1. The van der Waals surface area contributed by atoms with Gasteiger partial charge in [-0.2, -0.15) is 0 Å². The number of rotatable bonds is 67. The molecule has 78 heavy (non-hydrogen) atoms. The average molecular weight is 1100 g/mol. The van der Waals surface area contributed by atoms with Crippen molar-refractivity contribution in [2.24, 2.45) is 0 Å². The molecule has 6 nitrogen and oxygen atoms in total. The van der Waals surface area contributed by atoms with Crippen LogP contribution in [0.5, 0.6) is 0 Å². The Kier molecular flexibility index (Phi) is 66.0. The minimum Gasteiger partial charge on any atom is -0.462 e. The Morgan fingerprint density at radius 3 is 0.679 bits per heavy atom. The molecule has 0 aliphatic rings. The summed E-state index contributed by atoms with van der Waals surface area (Å²) in [5, 5.41) is 0. The first-order valence-electron chi connectivity index (χ1n) is 35.7. The number of carbonyl (C=O) groups is 3. The molecule has 0 heterocycles. The second kappa shape index (κ2) is 67.7. The quantitative estimate of drug-likeness (QED) is 0.0261. The van der Waals surface area contributed by atoms with Crippen LogP contribution in [0, 0.1) is 0 Å². The third-order valence-electron chi connectivity index (χ3n) is 16.5. The second-order valence-electron chi connectivity index (χ2n) is 24.5. The molecule has 0 saturated heterocycles. The fourth-order valence-corrected chi connectivity index (χ4v) is 11.1. The van der Waals surface area contributed by atoms with Gasteiger partial charge < -0.3 is 14.2 Å². The number of allylic oxidation sites excluding steroid dienone is 2. The molecule has 0 radical (unpaired) electrons. The molecule has 0 saturated carbocycles. The van der Waals surface area contributed by atoms with Crippen LogP contribution in [0.4, 0.5) is 0 Å². The maximum atomic E-state index is 12.9. The predicted octanol–water partition coefficient (Wildman–Crippen LogP) is 24.4. The van der Waals surface area contributed by atoms with Crippen molar-refractivity contribution < 1.29 is 28.6 Å². The van der Waals surface area contributed by atoms with Crippen LogP contribution in [0.25, 0.3) is 0 Å². The van der Waals surface area contributed by atoms with Gasteiger partial charge in [0.15, 0.2) is 6.10 Å². The number of carbonyl (C=O) groups excluding carboxylic acids is 3. The molecule has 6 heteroatoms. The monoisotopic (exact) mass is 1100 g/mol. The van der Waals surface area contributed by atoms with E-state index in [1.54, 1.807) is 0 Å². The fraction of sp³-hybridized carbons (Fsp3) is 0.931. The van der Waals surface area contributed by atoms with Crippen LogP contribution < -0.4 is 0 Å². The minimum absolute atomic E-state index is 0.0660. The SMILES string of the molecule is CCCC/C=C\CCCCCCCC(=O)OCC(COC(=O)CCCCCCCCCCCCCCCCCCCCCCCCCCCCCCCCC)OC(=O)CCCCCCCCCCCCCCCCCCCC. The van der Waals surface area contributed by atoms with Crippen LogP contribution in [0.3, 0.4) is 0 Å². The molecule has 0 bridgehead atoms. The molecule has 0 aliphatic heterocycles. The molecular formula is C72H138O6. The van der Waals surface area contributed by atoms with E-state index in [9.17, 15) is 14.4 Å². The topological polar surface area (TPSA) is 78.9 Å². The molecule has 0 aromatic carbocycles. The van der Waals surface area contributed by atoms with E-state index in [1.807, 2.05) is 0 Å². The molecule has 1 atom stereocenters. The Morgan fingerprint density at radius 1 is 0.244 bits per heavy atom. The first-order valence-corrected chi connectivity index (χ1v) is 35.7. The van der Waals surface area contributed by atoms with Crippen molar-refractivity contribution in [3.63, 3.8) is 0 Å². The predicted molar refractivity (Wildman–Crippen MR) is 340 cm³/mol. The van der Waals surface area contributed by atoms with E-state index >= 15 is 0 Å². The second-order valence-corrected chi connectivity index (χ2v) is 24.5. The van der Waals surface area contributed by atoms with Crippen molar-refractivity contribution in [3.05, 3.63) is 12.2 Å². The van der Waals surface area contributed by atoms with Gasteiger partial charge >= 0.3 is 17.9 Å². The van der Waals surface area contributed by atoms with Crippen LogP contribution in [0.15, 0.2) is 12.2 Å². The number of hydrogen-bond donors (Lipinski definition) is 0. The van der Waals surface area contributed by atoms with Crippen LogP contribution in [-0.4, -0.2) is 37.2 Å². The highest BCUT2D eigenvalue weighted by molar-refractivity contribution is 5.71. The first-order chi connectivity index (χ1) is 38.5. The van der Waals surface area contributed by atoms with Gasteiger partial charge in [0, 0.05) is 19.3 Å². The zero-order valence-electron chi connectivity index (χ0n) is 53.2. The summed E-state index contributed by atoms with van der Waals surface area (Å²) >= 11 is 0. The molecule has 0 aromatic heterocycles. The summed E-state index contributed by atoms with van der Waals surface area (Å²) in [4.78, 5) is 38.3. The summed E-state index contributed by atoms with van der Waals surface area (Å²) in [6.45, 7) is 6.68. The summed E-state index contributed by atoms with van der Waals surface area (Å²) in [7, 11) is 0. The number of esters is 3. The fourth-order valence-electron chi connectivity index (χ4n) is 11.1. The van der Waals surface area contributed by atoms with E-state index in [-0.39, 0.29) is 31.1 Å². The maximum Gasteiger partial charge on any atom is 0.306 e. The smallest absolute Gasteiger partial charge is 0.306 e. The Hall–Kier alpha value is -1.85. The van der Waals surface area contributed by atoms with Crippen LogP contribution >= 0.6 is 0 Å². The molecule has 0 N–H and O–H groups in total. The van der Waals surface area contributed by atoms with Crippen LogP contribution in [-0.2, 0) is 28.6 Å². The van der Waals surface area contributed by atoms with Crippen molar-refractivity contribution in [2.75, 3.05) is 13.2 Å². The van der Waals surface area contributed by atoms with Crippen molar-refractivity contribution in [1.29, 1.82) is 0 Å². The van der Waals surface area contributed by atoms with Crippen molar-refractivity contribution in [1.82, 2.24) is 0 Å². The van der Waals surface area contributed by atoms with Crippen molar-refractivity contribution in [2.45, 2.75) is 419 Å². The third kappa shape index (κ3) is 65.0. The van der Waals surface area contributed by atoms with Crippen molar-refractivity contribution >= 4 is 17.9 Å². The van der Waals surface area contributed by atoms with Gasteiger partial charge in [-0.15, -0.1) is 0 Å². The van der Waals surface area contributed by atoms with Gasteiger partial charge in [-0.25, -0.2) is 0 Å². The lowest BCUT2D eigenvalue weighted by atomic mass is 10.0.